The fourth-order valence-electron chi connectivity index (χ4n) is 2.65. The van der Waals surface area contributed by atoms with Crippen LogP contribution in [0.3, 0.4) is 0 Å². The molecule has 6 nitrogen and oxygen atoms in total. The molecular formula is C17H22ClFN2O4. The van der Waals surface area contributed by atoms with E-state index in [0.717, 1.165) is 23.8 Å². The number of benzene rings is 1. The third-order valence-electron chi connectivity index (χ3n) is 4.10. The minimum Gasteiger partial charge on any atom is -0.449 e. The molecule has 0 aromatic heterocycles. The van der Waals surface area contributed by atoms with Crippen molar-refractivity contribution in [1.82, 2.24) is 9.80 Å². The van der Waals surface area contributed by atoms with Crippen molar-refractivity contribution in [2.75, 3.05) is 26.2 Å². The second-order valence-electron chi connectivity index (χ2n) is 5.82. The van der Waals surface area contributed by atoms with Gasteiger partial charge in [0.15, 0.2) is 0 Å². The van der Waals surface area contributed by atoms with Crippen LogP contribution in [0.2, 0.25) is 5.02 Å². The molecule has 0 radical (unpaired) electrons. The number of nitrogens with zero attached hydrogens (tertiary/aromatic N) is 2. The topological polar surface area (TPSA) is 70.1 Å². The van der Waals surface area contributed by atoms with Gasteiger partial charge in [-0.1, -0.05) is 24.9 Å². The van der Waals surface area contributed by atoms with E-state index in [0.29, 0.717) is 37.2 Å². The molecule has 1 aromatic carbocycles. The number of unbranched alkanes of at least 4 members (excludes halogenated alkanes) is 1. The summed E-state index contributed by atoms with van der Waals surface area (Å²) < 4.78 is 18.6. The number of aliphatic hydroxyl groups is 1. The van der Waals surface area contributed by atoms with Gasteiger partial charge < -0.3 is 14.7 Å². The van der Waals surface area contributed by atoms with Crippen molar-refractivity contribution < 1.29 is 23.8 Å². The lowest BCUT2D eigenvalue weighted by molar-refractivity contribution is 0.113. The zero-order valence-electron chi connectivity index (χ0n) is 14.1. The first-order valence-corrected chi connectivity index (χ1v) is 8.66. The number of aliphatic hydroxyl groups excluding tert-OH is 1. The Bertz CT molecular complexity index is 641. The van der Waals surface area contributed by atoms with Gasteiger partial charge in [-0.05, 0) is 36.1 Å². The lowest BCUT2D eigenvalue weighted by Gasteiger charge is -2.18. The summed E-state index contributed by atoms with van der Waals surface area (Å²) in [5, 5.41) is 9.55. The summed E-state index contributed by atoms with van der Waals surface area (Å²) in [5.41, 5.74) is 0.995. The minimum absolute atomic E-state index is 0.159. The average Bonchev–Trinajstić information content (AvgIpc) is 2.93. The van der Waals surface area contributed by atoms with Gasteiger partial charge in [-0.15, -0.1) is 0 Å². The van der Waals surface area contributed by atoms with Gasteiger partial charge in [-0.25, -0.2) is 18.9 Å². The molecule has 2 rings (SSSR count). The Balaban J connectivity index is 1.94. The van der Waals surface area contributed by atoms with Crippen molar-refractivity contribution in [3.05, 3.63) is 34.1 Å². The predicted octanol–water partition coefficient (Wildman–Crippen LogP) is 3.19. The number of hydrogen-bond acceptors (Lipinski definition) is 4. The Kier molecular flexibility index (Phi) is 7.01. The molecule has 1 fully saturated rings. The van der Waals surface area contributed by atoms with Crippen LogP contribution >= 0.6 is 11.6 Å². The number of halogens is 2. The van der Waals surface area contributed by atoms with E-state index < -0.39 is 17.9 Å². The van der Waals surface area contributed by atoms with Gasteiger partial charge in [0.25, 0.3) is 0 Å². The van der Waals surface area contributed by atoms with Crippen LogP contribution in [-0.4, -0.2) is 53.3 Å². The molecule has 138 valence electrons. The van der Waals surface area contributed by atoms with E-state index in [1.807, 2.05) is 6.92 Å². The van der Waals surface area contributed by atoms with Gasteiger partial charge in [0, 0.05) is 18.1 Å². The second kappa shape index (κ2) is 9.01. The van der Waals surface area contributed by atoms with Crippen LogP contribution < -0.4 is 0 Å². The fraction of sp³-hybridized carbons (Fsp3) is 0.529. The lowest BCUT2D eigenvalue weighted by atomic mass is 10.0. The number of amides is 3. The maximum atomic E-state index is 13.5. The van der Waals surface area contributed by atoms with Gasteiger partial charge in [-0.2, -0.15) is 0 Å². The summed E-state index contributed by atoms with van der Waals surface area (Å²) in [4.78, 5) is 26.8. The number of urea groups is 1. The molecule has 1 aromatic rings. The predicted molar refractivity (Wildman–Crippen MR) is 91.0 cm³/mol. The highest BCUT2D eigenvalue weighted by Gasteiger charge is 2.33. The van der Waals surface area contributed by atoms with Crippen LogP contribution in [0.25, 0.3) is 0 Å². The SMILES string of the molecule is CCCCOC(=O)N1CCN(CCc2cc(F)cc(Cl)c2CO)C1=O. The van der Waals surface area contributed by atoms with Crippen LogP contribution in [0.5, 0.6) is 0 Å². The number of rotatable bonds is 7. The molecule has 8 heteroatoms. The van der Waals surface area contributed by atoms with E-state index in [1.165, 1.54) is 11.0 Å². The zero-order chi connectivity index (χ0) is 18.4. The lowest BCUT2D eigenvalue weighted by Crippen LogP contribution is -2.37. The van der Waals surface area contributed by atoms with Crippen LogP contribution in [0.1, 0.15) is 30.9 Å². The number of imide groups is 1. The van der Waals surface area contributed by atoms with Crippen molar-refractivity contribution in [1.29, 1.82) is 0 Å². The molecular weight excluding hydrogens is 351 g/mol. The minimum atomic E-state index is -0.634. The van der Waals surface area contributed by atoms with Gasteiger partial charge in [0.1, 0.15) is 5.82 Å². The molecule has 25 heavy (non-hydrogen) atoms. The summed E-state index contributed by atoms with van der Waals surface area (Å²) in [6.07, 6.45) is 1.35. The van der Waals surface area contributed by atoms with Crippen molar-refractivity contribution in [2.24, 2.45) is 0 Å². The van der Waals surface area contributed by atoms with Crippen LogP contribution in [0, 0.1) is 5.82 Å². The summed E-state index contributed by atoms with van der Waals surface area (Å²) in [6, 6.07) is 2.02. The molecule has 1 aliphatic heterocycles. The molecule has 1 N–H and O–H groups in total. The Labute approximate surface area is 151 Å². The van der Waals surface area contributed by atoms with Crippen LogP contribution in [-0.2, 0) is 17.8 Å². The van der Waals surface area contributed by atoms with Crippen molar-refractivity contribution in [3.63, 3.8) is 0 Å². The van der Waals surface area contributed by atoms with Crippen molar-refractivity contribution in [3.8, 4) is 0 Å². The molecule has 0 saturated carbocycles. The second-order valence-corrected chi connectivity index (χ2v) is 6.23. The smallest absolute Gasteiger partial charge is 0.418 e. The fourth-order valence-corrected chi connectivity index (χ4v) is 2.94. The molecule has 0 bridgehead atoms. The normalized spacial score (nSPS) is 14.3. The van der Waals surface area contributed by atoms with E-state index in [-0.39, 0.29) is 18.2 Å². The van der Waals surface area contributed by atoms with E-state index in [2.05, 4.69) is 0 Å². The quantitative estimate of drug-likeness (QED) is 0.746. The molecule has 0 spiro atoms. The van der Waals surface area contributed by atoms with Gasteiger partial charge >= 0.3 is 12.1 Å². The Morgan fingerprint density at radius 3 is 2.84 bits per heavy atom. The molecule has 0 aliphatic carbocycles. The molecule has 0 atom stereocenters. The maximum absolute atomic E-state index is 13.5. The summed E-state index contributed by atoms with van der Waals surface area (Å²) in [7, 11) is 0. The highest BCUT2D eigenvalue weighted by atomic mass is 35.5. The monoisotopic (exact) mass is 372 g/mol. The molecule has 3 amide bonds. The van der Waals surface area contributed by atoms with Crippen molar-refractivity contribution >= 4 is 23.7 Å². The van der Waals surface area contributed by atoms with Crippen LogP contribution in [0.4, 0.5) is 14.0 Å². The first-order valence-electron chi connectivity index (χ1n) is 8.28. The maximum Gasteiger partial charge on any atom is 0.418 e. The van der Waals surface area contributed by atoms with Crippen LogP contribution in [0.15, 0.2) is 12.1 Å². The van der Waals surface area contributed by atoms with Gasteiger partial charge in [-0.3, -0.25) is 0 Å². The highest BCUT2D eigenvalue weighted by molar-refractivity contribution is 6.31. The first kappa shape index (κ1) is 19.5. The zero-order valence-corrected chi connectivity index (χ0v) is 14.9. The molecule has 1 heterocycles. The van der Waals surface area contributed by atoms with Gasteiger partial charge in [0.2, 0.25) is 0 Å². The number of carbonyl (C=O) groups is 2. The number of carbonyl (C=O) groups excluding carboxylic acids is 2. The van der Waals surface area contributed by atoms with E-state index in [1.54, 1.807) is 0 Å². The van der Waals surface area contributed by atoms with Crippen molar-refractivity contribution in [2.45, 2.75) is 32.8 Å². The summed E-state index contributed by atoms with van der Waals surface area (Å²) in [6.45, 7) is 2.92. The molecule has 1 aliphatic rings. The van der Waals surface area contributed by atoms with E-state index in [9.17, 15) is 19.1 Å². The largest absolute Gasteiger partial charge is 0.449 e. The Morgan fingerprint density at radius 2 is 2.16 bits per heavy atom. The third-order valence-corrected chi connectivity index (χ3v) is 4.44. The summed E-state index contributed by atoms with van der Waals surface area (Å²) >= 11 is 5.93. The highest BCUT2D eigenvalue weighted by Crippen LogP contribution is 2.23. The number of hydrogen-bond donors (Lipinski definition) is 1. The Hall–Kier alpha value is -1.86. The summed E-state index contributed by atoms with van der Waals surface area (Å²) in [5.74, 6) is -0.494. The molecule has 0 unspecified atom stereocenters. The average molecular weight is 373 g/mol. The number of ether oxygens (including phenoxy) is 1. The van der Waals surface area contributed by atoms with Gasteiger partial charge in [0.05, 0.1) is 19.8 Å². The van der Waals surface area contributed by atoms with E-state index >= 15 is 0 Å². The first-order chi connectivity index (χ1) is 12.0. The van der Waals surface area contributed by atoms with E-state index in [4.69, 9.17) is 16.3 Å². The standard InChI is InChI=1S/C17H22ClFN2O4/c1-2-3-8-25-17(24)21-7-6-20(16(21)23)5-4-12-9-13(19)10-15(18)14(12)11-22/h9-10,22H,2-8,11H2,1H3. The molecule has 1 saturated heterocycles. The Morgan fingerprint density at radius 1 is 1.40 bits per heavy atom. The third kappa shape index (κ3) is 4.83.